The lowest BCUT2D eigenvalue weighted by Crippen LogP contribution is -2.44. The minimum atomic E-state index is -4.65. The van der Waals surface area contributed by atoms with Gasteiger partial charge in [0.05, 0.1) is 28.8 Å². The van der Waals surface area contributed by atoms with Crippen LogP contribution in [0.15, 0.2) is 30.6 Å². The van der Waals surface area contributed by atoms with Crippen LogP contribution >= 0.6 is 11.3 Å². The van der Waals surface area contributed by atoms with Gasteiger partial charge in [-0.2, -0.15) is 22.9 Å². The molecule has 12 heteroatoms. The number of halogens is 3. The van der Waals surface area contributed by atoms with Crippen LogP contribution in [0.1, 0.15) is 12.5 Å². The normalized spacial score (nSPS) is 14.8. The number of hydrogen-bond acceptors (Lipinski definition) is 8. The Bertz CT molecular complexity index is 1340. The zero-order chi connectivity index (χ0) is 23.2. The van der Waals surface area contributed by atoms with Gasteiger partial charge in [0, 0.05) is 32.2 Å². The van der Waals surface area contributed by atoms with Crippen LogP contribution in [0, 0.1) is 5.21 Å². The molecule has 1 aliphatic rings. The van der Waals surface area contributed by atoms with Crippen LogP contribution in [0.4, 0.5) is 19.1 Å². The molecule has 0 radical (unpaired) electrons. The first-order chi connectivity index (χ1) is 15.8. The van der Waals surface area contributed by atoms with Crippen molar-refractivity contribution < 1.29 is 22.6 Å². The molecule has 1 N–H and O–H groups in total. The lowest BCUT2D eigenvalue weighted by atomic mass is 10.1. The van der Waals surface area contributed by atoms with E-state index >= 15 is 0 Å². The van der Waals surface area contributed by atoms with Gasteiger partial charge in [0.25, 0.3) is 0 Å². The molecule has 0 aromatic carbocycles. The lowest BCUT2D eigenvalue weighted by molar-refractivity contribution is -0.604. The minimum absolute atomic E-state index is 0.0554. The van der Waals surface area contributed by atoms with E-state index in [0.717, 1.165) is 30.5 Å². The molecule has 0 aliphatic carbocycles. The molecule has 5 heterocycles. The Hall–Kier alpha value is -3.25. The Morgan fingerprint density at radius 1 is 1.24 bits per heavy atom. The topological polar surface area (TPSA) is 90.1 Å². The molecule has 4 aromatic rings. The van der Waals surface area contributed by atoms with Crippen molar-refractivity contribution >= 4 is 37.7 Å². The number of hydrogen-bond donors (Lipinski definition) is 1. The summed E-state index contributed by atoms with van der Waals surface area (Å²) in [7, 11) is 0. The Morgan fingerprint density at radius 2 is 2.03 bits per heavy atom. The van der Waals surface area contributed by atoms with Gasteiger partial charge < -0.3 is 20.2 Å². The summed E-state index contributed by atoms with van der Waals surface area (Å²) in [4.78, 5) is 15.6. The molecule has 1 saturated heterocycles. The zero-order valence-corrected chi connectivity index (χ0v) is 18.3. The number of rotatable bonds is 4. The Morgan fingerprint density at radius 3 is 2.73 bits per heavy atom. The van der Waals surface area contributed by atoms with Crippen LogP contribution in [0.3, 0.4) is 0 Å². The van der Waals surface area contributed by atoms with Crippen molar-refractivity contribution in [2.24, 2.45) is 0 Å². The zero-order valence-electron chi connectivity index (χ0n) is 17.5. The number of aromatic nitrogens is 4. The summed E-state index contributed by atoms with van der Waals surface area (Å²) in [5.41, 5.74) is -0.349. The molecule has 0 unspecified atom stereocenters. The van der Waals surface area contributed by atoms with Crippen molar-refractivity contribution in [1.82, 2.24) is 20.3 Å². The van der Waals surface area contributed by atoms with E-state index in [1.807, 2.05) is 4.90 Å². The van der Waals surface area contributed by atoms with Crippen molar-refractivity contribution in [1.29, 1.82) is 0 Å². The van der Waals surface area contributed by atoms with Crippen LogP contribution in [-0.2, 0) is 6.18 Å². The number of nitrogens with zero attached hydrogens (tertiary/aromatic N) is 5. The molecule has 5 rings (SSSR count). The van der Waals surface area contributed by atoms with Gasteiger partial charge in [0.1, 0.15) is 15.0 Å². The fraction of sp³-hybridized carbons (Fsp3) is 0.333. The quantitative estimate of drug-likeness (QED) is 0.357. The largest absolute Gasteiger partial charge is 0.619 e. The summed E-state index contributed by atoms with van der Waals surface area (Å²) in [5.74, 6) is 0.575. The van der Waals surface area contributed by atoms with Crippen molar-refractivity contribution in [3.05, 3.63) is 41.4 Å². The molecule has 0 atom stereocenters. The highest BCUT2D eigenvalue weighted by atomic mass is 32.1. The number of fused-ring (bicyclic) bond motifs is 3. The van der Waals surface area contributed by atoms with Crippen LogP contribution < -0.4 is 19.7 Å². The first-order valence-electron chi connectivity index (χ1n) is 10.4. The Labute approximate surface area is 190 Å². The monoisotopic (exact) mass is 476 g/mol. The van der Waals surface area contributed by atoms with E-state index in [9.17, 15) is 18.4 Å². The molecule has 0 spiro atoms. The predicted molar refractivity (Wildman–Crippen MR) is 118 cm³/mol. The number of nitrogens with one attached hydrogen (secondary N) is 1. The average Bonchev–Trinajstić information content (AvgIpc) is 3.17. The van der Waals surface area contributed by atoms with E-state index in [4.69, 9.17) is 4.74 Å². The van der Waals surface area contributed by atoms with Gasteiger partial charge in [0.2, 0.25) is 11.8 Å². The maximum absolute atomic E-state index is 14.2. The van der Waals surface area contributed by atoms with Crippen molar-refractivity contribution in [2.75, 3.05) is 37.7 Å². The molecule has 33 heavy (non-hydrogen) atoms. The molecule has 0 amide bonds. The van der Waals surface area contributed by atoms with E-state index in [1.54, 1.807) is 13.0 Å². The van der Waals surface area contributed by atoms with Gasteiger partial charge in [0.15, 0.2) is 12.4 Å². The SMILES string of the molecule is CCOc1nc(N2CCNCC2)nc2c1sc1nc(-c3ccc[n+]([O-])c3)cc(C(F)(F)F)c12. The van der Waals surface area contributed by atoms with E-state index in [-0.39, 0.29) is 32.9 Å². The number of ether oxygens (including phenoxy) is 1. The van der Waals surface area contributed by atoms with E-state index < -0.39 is 11.7 Å². The van der Waals surface area contributed by atoms with Crippen LogP contribution in [0.2, 0.25) is 0 Å². The van der Waals surface area contributed by atoms with E-state index in [2.05, 4.69) is 20.3 Å². The molecule has 1 fully saturated rings. The Balaban J connectivity index is 1.80. The summed E-state index contributed by atoms with van der Waals surface area (Å²) in [5, 5.41) is 14.8. The molecule has 172 valence electrons. The molecule has 4 aromatic heterocycles. The number of anilines is 1. The summed E-state index contributed by atoms with van der Waals surface area (Å²) in [6.07, 6.45) is -2.21. The standard InChI is InChI=1S/C21H19F3N6O2S/c1-2-32-18-17-16(27-20(28-18)29-8-5-25-6-9-29)15-13(21(22,23)24)10-14(26-19(15)33-17)12-4-3-7-30(31)11-12/h3-4,7,10-11,25H,2,5-6,8-9H2,1H3. The third-order valence-electron chi connectivity index (χ3n) is 5.30. The lowest BCUT2D eigenvalue weighted by Gasteiger charge is -2.27. The fourth-order valence-electron chi connectivity index (χ4n) is 3.82. The predicted octanol–water partition coefficient (Wildman–Crippen LogP) is 3.37. The second-order valence-corrected chi connectivity index (χ2v) is 8.46. The maximum Gasteiger partial charge on any atom is 0.417 e. The van der Waals surface area contributed by atoms with Crippen molar-refractivity contribution in [3.8, 4) is 17.1 Å². The molecular formula is C21H19F3N6O2S. The van der Waals surface area contributed by atoms with Crippen molar-refractivity contribution in [3.63, 3.8) is 0 Å². The van der Waals surface area contributed by atoms with E-state index in [1.165, 1.54) is 18.5 Å². The van der Waals surface area contributed by atoms with Gasteiger partial charge in [-0.3, -0.25) is 0 Å². The van der Waals surface area contributed by atoms with Gasteiger partial charge >= 0.3 is 6.18 Å². The summed E-state index contributed by atoms with van der Waals surface area (Å²) < 4.78 is 49.3. The summed E-state index contributed by atoms with van der Waals surface area (Å²) in [6, 6.07) is 3.98. The second kappa shape index (κ2) is 8.27. The first kappa shape index (κ1) is 21.6. The molecule has 1 aliphatic heterocycles. The summed E-state index contributed by atoms with van der Waals surface area (Å²) >= 11 is 1.05. The second-order valence-electron chi connectivity index (χ2n) is 7.46. The third kappa shape index (κ3) is 4.00. The number of thiophene rings is 1. The smallest absolute Gasteiger partial charge is 0.417 e. The Kier molecular flexibility index (Phi) is 5.41. The van der Waals surface area contributed by atoms with Gasteiger partial charge in [-0.1, -0.05) is 0 Å². The average molecular weight is 476 g/mol. The highest BCUT2D eigenvalue weighted by Crippen LogP contribution is 2.45. The minimum Gasteiger partial charge on any atom is -0.619 e. The van der Waals surface area contributed by atoms with Gasteiger partial charge in [-0.25, -0.2) is 9.97 Å². The van der Waals surface area contributed by atoms with Crippen molar-refractivity contribution in [2.45, 2.75) is 13.1 Å². The van der Waals surface area contributed by atoms with Crippen LogP contribution in [0.5, 0.6) is 5.88 Å². The van der Waals surface area contributed by atoms with Gasteiger partial charge in [-0.05, 0) is 19.1 Å². The van der Waals surface area contributed by atoms with Crippen LogP contribution in [0.25, 0.3) is 31.7 Å². The van der Waals surface area contributed by atoms with Crippen LogP contribution in [-0.4, -0.2) is 47.7 Å². The maximum atomic E-state index is 14.2. The molecule has 8 nitrogen and oxygen atoms in total. The number of piperazine rings is 1. The number of pyridine rings is 2. The third-order valence-corrected chi connectivity index (χ3v) is 6.36. The van der Waals surface area contributed by atoms with E-state index in [0.29, 0.717) is 35.1 Å². The molecule has 0 saturated carbocycles. The molecule has 0 bridgehead atoms. The molecular weight excluding hydrogens is 457 g/mol. The number of alkyl halides is 3. The first-order valence-corrected chi connectivity index (χ1v) is 11.2. The fourth-order valence-corrected chi connectivity index (χ4v) is 4.90. The highest BCUT2D eigenvalue weighted by Gasteiger charge is 2.36. The summed E-state index contributed by atoms with van der Waals surface area (Å²) in [6.45, 7) is 4.82. The van der Waals surface area contributed by atoms with Gasteiger partial charge in [-0.15, -0.1) is 11.3 Å². The highest BCUT2D eigenvalue weighted by molar-refractivity contribution is 7.25.